The first kappa shape index (κ1) is 9.00. The first-order valence-electron chi connectivity index (χ1n) is 4.92. The maximum Gasteiger partial charge on any atom is 0.327 e. The molecular weight excluding hydrogens is 166 g/mol. The molecule has 1 saturated carbocycles. The molecule has 74 valence electrons. The third-order valence-electron chi connectivity index (χ3n) is 2.80. The molecule has 0 spiro atoms. The van der Waals surface area contributed by atoms with E-state index in [0.29, 0.717) is 5.92 Å². The SMILES string of the molecule is CC(C)(C)OC(=O)C12CC1CCN2. The Morgan fingerprint density at radius 1 is 1.54 bits per heavy atom. The lowest BCUT2D eigenvalue weighted by molar-refractivity contribution is -0.158. The number of rotatable bonds is 1. The van der Waals surface area contributed by atoms with E-state index in [9.17, 15) is 4.79 Å². The summed E-state index contributed by atoms with van der Waals surface area (Å²) in [6.07, 6.45) is 2.10. The zero-order valence-electron chi connectivity index (χ0n) is 8.52. The van der Waals surface area contributed by atoms with Gasteiger partial charge in [-0.05, 0) is 46.1 Å². The number of nitrogens with one attached hydrogen (secondary N) is 1. The van der Waals surface area contributed by atoms with Gasteiger partial charge in [0.2, 0.25) is 0 Å². The normalized spacial score (nSPS) is 37.0. The highest BCUT2D eigenvalue weighted by molar-refractivity contribution is 5.86. The van der Waals surface area contributed by atoms with Gasteiger partial charge in [-0.15, -0.1) is 0 Å². The number of ether oxygens (including phenoxy) is 1. The predicted octanol–water partition coefficient (Wildman–Crippen LogP) is 1.08. The molecule has 1 heterocycles. The molecule has 0 aromatic rings. The Bertz CT molecular complexity index is 244. The quantitative estimate of drug-likeness (QED) is 0.618. The molecule has 0 radical (unpaired) electrons. The molecule has 0 amide bonds. The molecule has 2 fully saturated rings. The van der Waals surface area contributed by atoms with Gasteiger partial charge in [0.25, 0.3) is 0 Å². The highest BCUT2D eigenvalue weighted by Gasteiger charge is 2.64. The van der Waals surface area contributed by atoms with Crippen molar-refractivity contribution in [3.8, 4) is 0 Å². The maximum absolute atomic E-state index is 11.7. The van der Waals surface area contributed by atoms with Crippen LogP contribution in [0.2, 0.25) is 0 Å². The lowest BCUT2D eigenvalue weighted by atomic mass is 10.1. The molecule has 1 saturated heterocycles. The molecule has 2 unspecified atom stereocenters. The van der Waals surface area contributed by atoms with Crippen molar-refractivity contribution in [3.63, 3.8) is 0 Å². The average molecular weight is 183 g/mol. The number of piperidine rings is 1. The second-order valence-corrected chi connectivity index (χ2v) is 5.09. The van der Waals surface area contributed by atoms with Gasteiger partial charge >= 0.3 is 5.97 Å². The third kappa shape index (κ3) is 1.46. The average Bonchev–Trinajstić information content (AvgIpc) is 2.52. The fourth-order valence-electron chi connectivity index (χ4n) is 2.06. The van der Waals surface area contributed by atoms with Gasteiger partial charge in [0, 0.05) is 0 Å². The largest absolute Gasteiger partial charge is 0.459 e. The second kappa shape index (κ2) is 2.47. The Kier molecular flexibility index (Phi) is 1.71. The van der Waals surface area contributed by atoms with Crippen LogP contribution in [0.15, 0.2) is 0 Å². The fourth-order valence-corrected chi connectivity index (χ4v) is 2.06. The highest BCUT2D eigenvalue weighted by Crippen LogP contribution is 2.50. The predicted molar refractivity (Wildman–Crippen MR) is 49.3 cm³/mol. The van der Waals surface area contributed by atoms with Crippen molar-refractivity contribution in [2.75, 3.05) is 6.54 Å². The molecule has 2 rings (SSSR count). The molecule has 0 aromatic heterocycles. The van der Waals surface area contributed by atoms with E-state index in [-0.39, 0.29) is 17.1 Å². The van der Waals surface area contributed by atoms with Crippen molar-refractivity contribution in [1.29, 1.82) is 0 Å². The van der Waals surface area contributed by atoms with E-state index in [1.807, 2.05) is 20.8 Å². The summed E-state index contributed by atoms with van der Waals surface area (Å²) in [7, 11) is 0. The topological polar surface area (TPSA) is 38.3 Å². The standard InChI is InChI=1S/C10H17NO2/c1-9(2,3)13-8(12)10-6-7(10)4-5-11-10/h7,11H,4-6H2,1-3H3. The van der Waals surface area contributed by atoms with Gasteiger partial charge < -0.3 is 10.1 Å². The minimum absolute atomic E-state index is 0.0532. The van der Waals surface area contributed by atoms with Gasteiger partial charge in [0.1, 0.15) is 11.1 Å². The summed E-state index contributed by atoms with van der Waals surface area (Å²) < 4.78 is 5.36. The van der Waals surface area contributed by atoms with E-state index in [1.54, 1.807) is 0 Å². The first-order chi connectivity index (χ1) is 5.94. The van der Waals surface area contributed by atoms with Crippen LogP contribution in [0.4, 0.5) is 0 Å². The van der Waals surface area contributed by atoms with Gasteiger partial charge in [-0.25, -0.2) is 0 Å². The molecule has 2 aliphatic rings. The van der Waals surface area contributed by atoms with Crippen molar-refractivity contribution in [2.45, 2.75) is 44.8 Å². The van der Waals surface area contributed by atoms with Gasteiger partial charge in [-0.2, -0.15) is 0 Å². The van der Waals surface area contributed by atoms with Crippen LogP contribution >= 0.6 is 0 Å². The Morgan fingerprint density at radius 3 is 2.62 bits per heavy atom. The van der Waals surface area contributed by atoms with Crippen LogP contribution in [0.5, 0.6) is 0 Å². The number of esters is 1. The summed E-state index contributed by atoms with van der Waals surface area (Å²) in [5.41, 5.74) is -0.642. The number of hydrogen-bond acceptors (Lipinski definition) is 3. The molecule has 1 N–H and O–H groups in total. The zero-order valence-corrected chi connectivity index (χ0v) is 8.52. The number of hydrogen-bond donors (Lipinski definition) is 1. The smallest absolute Gasteiger partial charge is 0.327 e. The molecule has 3 heteroatoms. The zero-order chi connectivity index (χ0) is 9.69. The lowest BCUT2D eigenvalue weighted by Gasteiger charge is -2.23. The van der Waals surface area contributed by atoms with Gasteiger partial charge in [0.15, 0.2) is 0 Å². The van der Waals surface area contributed by atoms with Crippen LogP contribution in [0, 0.1) is 5.92 Å². The summed E-state index contributed by atoms with van der Waals surface area (Å²) in [6.45, 7) is 6.69. The molecule has 2 atom stereocenters. The summed E-state index contributed by atoms with van der Waals surface area (Å²) >= 11 is 0. The Labute approximate surface area is 78.8 Å². The highest BCUT2D eigenvalue weighted by atomic mass is 16.6. The van der Waals surface area contributed by atoms with Crippen molar-refractivity contribution in [3.05, 3.63) is 0 Å². The first-order valence-corrected chi connectivity index (χ1v) is 4.92. The van der Waals surface area contributed by atoms with Crippen molar-refractivity contribution >= 4 is 5.97 Å². The van der Waals surface area contributed by atoms with Crippen molar-refractivity contribution < 1.29 is 9.53 Å². The Morgan fingerprint density at radius 2 is 2.23 bits per heavy atom. The van der Waals surface area contributed by atoms with Crippen molar-refractivity contribution in [1.82, 2.24) is 5.32 Å². The molecule has 1 aliphatic carbocycles. The Hall–Kier alpha value is -0.570. The van der Waals surface area contributed by atoms with E-state index in [2.05, 4.69) is 5.32 Å². The summed E-state index contributed by atoms with van der Waals surface area (Å²) in [6, 6.07) is 0. The van der Waals surface area contributed by atoms with E-state index >= 15 is 0 Å². The molecule has 13 heavy (non-hydrogen) atoms. The van der Waals surface area contributed by atoms with E-state index in [4.69, 9.17) is 4.74 Å². The molecule has 0 aromatic carbocycles. The summed E-state index contributed by atoms with van der Waals surface area (Å²) in [5.74, 6) is 0.491. The summed E-state index contributed by atoms with van der Waals surface area (Å²) in [4.78, 5) is 11.7. The van der Waals surface area contributed by atoms with Crippen molar-refractivity contribution in [2.24, 2.45) is 5.92 Å². The van der Waals surface area contributed by atoms with Crippen LogP contribution in [0.25, 0.3) is 0 Å². The molecule has 0 bridgehead atoms. The number of fused-ring (bicyclic) bond motifs is 1. The van der Waals surface area contributed by atoms with Crippen LogP contribution < -0.4 is 5.32 Å². The van der Waals surface area contributed by atoms with Gasteiger partial charge in [-0.1, -0.05) is 0 Å². The third-order valence-corrected chi connectivity index (χ3v) is 2.80. The molecular formula is C10H17NO2. The lowest BCUT2D eigenvalue weighted by Crippen LogP contribution is -2.41. The molecule has 1 aliphatic heterocycles. The monoisotopic (exact) mass is 183 g/mol. The van der Waals surface area contributed by atoms with Crippen LogP contribution in [-0.2, 0) is 9.53 Å². The number of carbonyl (C=O) groups is 1. The maximum atomic E-state index is 11.7. The Balaban J connectivity index is 1.99. The van der Waals surface area contributed by atoms with E-state index in [1.165, 1.54) is 0 Å². The van der Waals surface area contributed by atoms with E-state index in [0.717, 1.165) is 19.4 Å². The van der Waals surface area contributed by atoms with Crippen LogP contribution in [-0.4, -0.2) is 23.7 Å². The number of carbonyl (C=O) groups excluding carboxylic acids is 1. The van der Waals surface area contributed by atoms with Crippen LogP contribution in [0.3, 0.4) is 0 Å². The van der Waals surface area contributed by atoms with Gasteiger partial charge in [0.05, 0.1) is 0 Å². The molecule has 3 nitrogen and oxygen atoms in total. The summed E-state index contributed by atoms with van der Waals surface area (Å²) in [5, 5.41) is 3.25. The minimum atomic E-state index is -0.358. The van der Waals surface area contributed by atoms with Crippen LogP contribution in [0.1, 0.15) is 33.6 Å². The minimum Gasteiger partial charge on any atom is -0.459 e. The van der Waals surface area contributed by atoms with E-state index < -0.39 is 0 Å². The fraction of sp³-hybridized carbons (Fsp3) is 0.900. The second-order valence-electron chi connectivity index (χ2n) is 5.09. The van der Waals surface area contributed by atoms with Gasteiger partial charge in [-0.3, -0.25) is 4.79 Å².